The number of ether oxygens (including phenoxy) is 2. The second-order valence-electron chi connectivity index (χ2n) is 6.53. The Morgan fingerprint density at radius 1 is 1.31 bits per heavy atom. The number of guanidine groups is 1. The monoisotopic (exact) mass is 539 g/mol. The van der Waals surface area contributed by atoms with Crippen LogP contribution in [0, 0.1) is 6.92 Å². The van der Waals surface area contributed by atoms with Gasteiger partial charge in [0.2, 0.25) is 5.91 Å². The number of hydrogen-bond donors (Lipinski definition) is 3. The molecule has 10 heteroatoms. The third kappa shape index (κ3) is 9.60. The number of carbonyl (C=O) groups excluding carboxylic acids is 1. The quantitative estimate of drug-likeness (QED) is 0.180. The SMILES string of the molecule is CCNC(=NCC(=O)NCCOC)NCC(c1ccc(C)s1)N1CCOCC1.I. The first-order valence-corrected chi connectivity index (χ1v) is 10.6. The molecule has 0 spiro atoms. The van der Waals surface area contributed by atoms with Crippen LogP contribution < -0.4 is 16.0 Å². The van der Waals surface area contributed by atoms with Crippen molar-refractivity contribution in [1.29, 1.82) is 0 Å². The van der Waals surface area contributed by atoms with E-state index in [9.17, 15) is 4.79 Å². The van der Waals surface area contributed by atoms with Gasteiger partial charge in [-0.15, -0.1) is 35.3 Å². The van der Waals surface area contributed by atoms with Gasteiger partial charge in [0.15, 0.2) is 5.96 Å². The summed E-state index contributed by atoms with van der Waals surface area (Å²) in [6.07, 6.45) is 0. The average molecular weight is 539 g/mol. The van der Waals surface area contributed by atoms with Gasteiger partial charge in [0.1, 0.15) is 6.54 Å². The summed E-state index contributed by atoms with van der Waals surface area (Å²) >= 11 is 1.83. The van der Waals surface area contributed by atoms with Gasteiger partial charge in [-0.05, 0) is 26.0 Å². The zero-order chi connectivity index (χ0) is 20.2. The van der Waals surface area contributed by atoms with Crippen LogP contribution in [0.15, 0.2) is 17.1 Å². The fourth-order valence-electron chi connectivity index (χ4n) is 2.97. The number of nitrogens with zero attached hydrogens (tertiary/aromatic N) is 2. The minimum atomic E-state index is -0.118. The first-order chi connectivity index (χ1) is 13.6. The van der Waals surface area contributed by atoms with Gasteiger partial charge in [-0.2, -0.15) is 0 Å². The minimum absolute atomic E-state index is 0. The molecule has 0 saturated carbocycles. The molecule has 1 saturated heterocycles. The molecular formula is C19H34IN5O3S. The van der Waals surface area contributed by atoms with Crippen molar-refractivity contribution in [2.24, 2.45) is 4.99 Å². The smallest absolute Gasteiger partial charge is 0.241 e. The number of thiophene rings is 1. The molecule has 0 bridgehead atoms. The van der Waals surface area contributed by atoms with Gasteiger partial charge in [0, 0.05) is 49.6 Å². The maximum absolute atomic E-state index is 11.9. The summed E-state index contributed by atoms with van der Waals surface area (Å²) in [5.41, 5.74) is 0. The van der Waals surface area contributed by atoms with E-state index in [2.05, 4.69) is 44.9 Å². The molecule has 166 valence electrons. The molecule has 8 nitrogen and oxygen atoms in total. The van der Waals surface area contributed by atoms with Gasteiger partial charge in [-0.3, -0.25) is 9.69 Å². The van der Waals surface area contributed by atoms with Crippen LogP contribution in [0.4, 0.5) is 0 Å². The molecule has 0 radical (unpaired) electrons. The second-order valence-corrected chi connectivity index (χ2v) is 7.85. The Bertz CT molecular complexity index is 623. The summed E-state index contributed by atoms with van der Waals surface area (Å²) in [4.78, 5) is 21.4. The highest BCUT2D eigenvalue weighted by Gasteiger charge is 2.24. The largest absolute Gasteiger partial charge is 0.383 e. The van der Waals surface area contributed by atoms with Gasteiger partial charge < -0.3 is 25.4 Å². The molecule has 1 unspecified atom stereocenters. The van der Waals surface area contributed by atoms with Crippen molar-refractivity contribution in [2.75, 3.05) is 66.2 Å². The Balaban J connectivity index is 0.00000420. The van der Waals surface area contributed by atoms with E-state index in [0.29, 0.717) is 19.1 Å². The molecule has 1 aliphatic rings. The number of methoxy groups -OCH3 is 1. The van der Waals surface area contributed by atoms with Crippen molar-refractivity contribution in [1.82, 2.24) is 20.9 Å². The highest BCUT2D eigenvalue weighted by molar-refractivity contribution is 14.0. The number of aryl methyl sites for hydroxylation is 1. The van der Waals surface area contributed by atoms with Gasteiger partial charge >= 0.3 is 0 Å². The van der Waals surface area contributed by atoms with Crippen LogP contribution in [0.2, 0.25) is 0 Å². The second kappa shape index (κ2) is 14.9. The van der Waals surface area contributed by atoms with Crippen molar-refractivity contribution in [3.05, 3.63) is 21.9 Å². The average Bonchev–Trinajstić information content (AvgIpc) is 3.13. The maximum Gasteiger partial charge on any atom is 0.241 e. The standard InChI is InChI=1S/C19H33N5O3S.HI/c1-4-20-19(23-14-18(25)21-7-10-26-3)22-13-16(17-6-5-15(2)28-17)24-8-11-27-12-9-24;/h5-6,16H,4,7-14H2,1-3H3,(H,21,25)(H2,20,22,23);1H. The lowest BCUT2D eigenvalue weighted by molar-refractivity contribution is -0.119. The van der Waals surface area contributed by atoms with E-state index in [-0.39, 0.29) is 42.5 Å². The molecule has 29 heavy (non-hydrogen) atoms. The number of carbonyl (C=O) groups is 1. The Labute approximate surface area is 194 Å². The fourth-order valence-corrected chi connectivity index (χ4v) is 3.98. The number of hydrogen-bond acceptors (Lipinski definition) is 6. The summed E-state index contributed by atoms with van der Waals surface area (Å²) in [6.45, 7) is 10.0. The van der Waals surface area contributed by atoms with E-state index >= 15 is 0 Å². The minimum Gasteiger partial charge on any atom is -0.383 e. The highest BCUT2D eigenvalue weighted by atomic mass is 127. The van der Waals surface area contributed by atoms with E-state index in [1.165, 1.54) is 9.75 Å². The number of nitrogens with one attached hydrogen (secondary N) is 3. The van der Waals surface area contributed by atoms with Crippen LogP contribution in [-0.2, 0) is 14.3 Å². The Hall–Kier alpha value is -0.950. The van der Waals surface area contributed by atoms with Gasteiger partial charge in [0.05, 0.1) is 25.9 Å². The summed E-state index contributed by atoms with van der Waals surface area (Å²) in [5, 5.41) is 9.40. The summed E-state index contributed by atoms with van der Waals surface area (Å²) < 4.78 is 10.4. The predicted molar refractivity (Wildman–Crippen MR) is 128 cm³/mol. The normalized spacial score (nSPS) is 16.0. The van der Waals surface area contributed by atoms with Crippen LogP contribution in [0.25, 0.3) is 0 Å². The third-order valence-electron chi connectivity index (χ3n) is 4.39. The molecule has 1 aromatic heterocycles. The molecule has 1 aliphatic heterocycles. The van der Waals surface area contributed by atoms with E-state index < -0.39 is 0 Å². The van der Waals surface area contributed by atoms with Crippen LogP contribution in [0.5, 0.6) is 0 Å². The number of morpholine rings is 1. The molecule has 0 aromatic carbocycles. The van der Waals surface area contributed by atoms with Crippen LogP contribution in [0.1, 0.15) is 22.7 Å². The van der Waals surface area contributed by atoms with E-state index in [0.717, 1.165) is 39.4 Å². The molecule has 0 aliphatic carbocycles. The first kappa shape index (κ1) is 26.1. The summed E-state index contributed by atoms with van der Waals surface area (Å²) in [5.74, 6) is 0.531. The summed E-state index contributed by atoms with van der Waals surface area (Å²) in [7, 11) is 1.61. The van der Waals surface area contributed by atoms with Crippen molar-refractivity contribution < 1.29 is 14.3 Å². The zero-order valence-electron chi connectivity index (χ0n) is 17.5. The van der Waals surface area contributed by atoms with Gasteiger partial charge in [0.25, 0.3) is 0 Å². The molecular weight excluding hydrogens is 505 g/mol. The van der Waals surface area contributed by atoms with Crippen LogP contribution in [0.3, 0.4) is 0 Å². The van der Waals surface area contributed by atoms with Gasteiger partial charge in [-0.1, -0.05) is 0 Å². The summed E-state index contributed by atoms with van der Waals surface area (Å²) in [6, 6.07) is 4.62. The number of amides is 1. The molecule has 1 amide bonds. The van der Waals surface area contributed by atoms with E-state index in [1.54, 1.807) is 7.11 Å². The zero-order valence-corrected chi connectivity index (χ0v) is 20.7. The lowest BCUT2D eigenvalue weighted by Gasteiger charge is -2.34. The first-order valence-electron chi connectivity index (χ1n) is 9.80. The van der Waals surface area contributed by atoms with Crippen molar-refractivity contribution >= 4 is 47.2 Å². The third-order valence-corrected chi connectivity index (χ3v) is 5.49. The highest BCUT2D eigenvalue weighted by Crippen LogP contribution is 2.27. The van der Waals surface area contributed by atoms with Crippen molar-refractivity contribution in [3.8, 4) is 0 Å². The van der Waals surface area contributed by atoms with E-state index in [4.69, 9.17) is 9.47 Å². The molecule has 3 N–H and O–H groups in total. The van der Waals surface area contributed by atoms with Crippen LogP contribution in [-0.4, -0.2) is 83.0 Å². The number of halogens is 1. The van der Waals surface area contributed by atoms with Crippen molar-refractivity contribution in [2.45, 2.75) is 19.9 Å². The molecule has 2 heterocycles. The predicted octanol–water partition coefficient (Wildman–Crippen LogP) is 1.37. The number of aliphatic imine (C=N–C) groups is 1. The lowest BCUT2D eigenvalue weighted by atomic mass is 10.2. The topological polar surface area (TPSA) is 87.2 Å². The Morgan fingerprint density at radius 3 is 2.69 bits per heavy atom. The Kier molecular flexibility index (Phi) is 13.4. The maximum atomic E-state index is 11.9. The van der Waals surface area contributed by atoms with Gasteiger partial charge in [-0.25, -0.2) is 4.99 Å². The lowest BCUT2D eigenvalue weighted by Crippen LogP contribution is -2.46. The van der Waals surface area contributed by atoms with Crippen molar-refractivity contribution in [3.63, 3.8) is 0 Å². The molecule has 1 atom stereocenters. The molecule has 1 aromatic rings. The van der Waals surface area contributed by atoms with E-state index in [1.807, 2.05) is 18.3 Å². The fraction of sp³-hybridized carbons (Fsp3) is 0.684. The molecule has 2 rings (SSSR count). The Morgan fingerprint density at radius 2 is 2.07 bits per heavy atom. The molecule has 1 fully saturated rings. The number of rotatable bonds is 10. The van der Waals surface area contributed by atoms with Crippen LogP contribution >= 0.6 is 35.3 Å².